The van der Waals surface area contributed by atoms with Gasteiger partial charge in [0.1, 0.15) is 0 Å². The highest BCUT2D eigenvalue weighted by Gasteiger charge is 2.04. The van der Waals surface area contributed by atoms with E-state index in [9.17, 15) is 0 Å². The lowest BCUT2D eigenvalue weighted by Crippen LogP contribution is -2.37. The molecule has 0 aliphatic heterocycles. The molecule has 1 aliphatic rings. The molecule has 0 spiro atoms. The van der Waals surface area contributed by atoms with E-state index in [2.05, 4.69) is 46.0 Å². The van der Waals surface area contributed by atoms with Gasteiger partial charge in [-0.25, -0.2) is 0 Å². The van der Waals surface area contributed by atoms with E-state index < -0.39 is 0 Å². The smallest absolute Gasteiger partial charge is 0.191 e. The van der Waals surface area contributed by atoms with Gasteiger partial charge in [0, 0.05) is 26.7 Å². The van der Waals surface area contributed by atoms with Crippen LogP contribution in [0.4, 0.5) is 0 Å². The maximum Gasteiger partial charge on any atom is 0.191 e. The van der Waals surface area contributed by atoms with Crippen molar-refractivity contribution in [3.8, 4) is 0 Å². The van der Waals surface area contributed by atoms with Crippen molar-refractivity contribution >= 4 is 29.9 Å². The van der Waals surface area contributed by atoms with Gasteiger partial charge in [0.25, 0.3) is 0 Å². The lowest BCUT2D eigenvalue weighted by atomic mass is 9.97. The molecule has 0 fully saturated rings. The maximum absolute atomic E-state index is 5.42. The van der Waals surface area contributed by atoms with Gasteiger partial charge in [-0.05, 0) is 50.2 Å². The molecule has 2 rings (SSSR count). The molecule has 2 N–H and O–H groups in total. The molecule has 4 nitrogen and oxygen atoms in total. The molecule has 0 amide bonds. The number of halogens is 1. The summed E-state index contributed by atoms with van der Waals surface area (Å²) in [5.41, 5.74) is 4.05. The second kappa shape index (κ2) is 13.2. The Morgan fingerprint density at radius 2 is 1.88 bits per heavy atom. The molecule has 1 aromatic carbocycles. The number of benzene rings is 1. The summed E-state index contributed by atoms with van der Waals surface area (Å²) in [5.74, 6) is 0.866. The number of nitrogens with zero attached hydrogens (tertiary/aromatic N) is 1. The van der Waals surface area contributed by atoms with Crippen molar-refractivity contribution in [2.24, 2.45) is 4.99 Å². The summed E-state index contributed by atoms with van der Waals surface area (Å²) in [4.78, 5) is 4.30. The summed E-state index contributed by atoms with van der Waals surface area (Å²) in [5, 5.41) is 6.78. The van der Waals surface area contributed by atoms with Crippen molar-refractivity contribution in [3.05, 3.63) is 47.0 Å². The first-order valence-corrected chi connectivity index (χ1v) is 9.09. The van der Waals surface area contributed by atoms with E-state index in [1.54, 1.807) is 5.57 Å². The lowest BCUT2D eigenvalue weighted by molar-refractivity contribution is 0.134. The zero-order valence-electron chi connectivity index (χ0n) is 15.5. The first-order chi connectivity index (χ1) is 11.8. The highest BCUT2D eigenvalue weighted by molar-refractivity contribution is 14.0. The molecule has 25 heavy (non-hydrogen) atoms. The highest BCUT2D eigenvalue weighted by atomic mass is 127. The van der Waals surface area contributed by atoms with Crippen LogP contribution in [0.25, 0.3) is 0 Å². The fourth-order valence-corrected chi connectivity index (χ4v) is 2.85. The minimum Gasteiger partial charge on any atom is -0.377 e. The third-order valence-corrected chi connectivity index (χ3v) is 4.30. The fraction of sp³-hybridized carbons (Fsp3) is 0.550. The van der Waals surface area contributed by atoms with E-state index in [-0.39, 0.29) is 24.0 Å². The summed E-state index contributed by atoms with van der Waals surface area (Å²) in [6.07, 6.45) is 8.74. The van der Waals surface area contributed by atoms with E-state index in [0.29, 0.717) is 6.61 Å². The summed E-state index contributed by atoms with van der Waals surface area (Å²) >= 11 is 0. The lowest BCUT2D eigenvalue weighted by Gasteiger charge is -2.15. The summed E-state index contributed by atoms with van der Waals surface area (Å²) in [6.45, 7) is 5.17. The maximum atomic E-state index is 5.42. The molecule has 0 bridgehead atoms. The van der Waals surface area contributed by atoms with Crippen LogP contribution in [0, 0.1) is 0 Å². The van der Waals surface area contributed by atoms with Gasteiger partial charge in [0.2, 0.25) is 0 Å². The largest absolute Gasteiger partial charge is 0.377 e. The van der Waals surface area contributed by atoms with Crippen LogP contribution in [0.5, 0.6) is 0 Å². The van der Waals surface area contributed by atoms with Gasteiger partial charge in [-0.3, -0.25) is 4.99 Å². The van der Waals surface area contributed by atoms with Crippen LogP contribution in [0.15, 0.2) is 40.9 Å². The van der Waals surface area contributed by atoms with Gasteiger partial charge in [-0.2, -0.15) is 0 Å². The summed E-state index contributed by atoms with van der Waals surface area (Å²) in [7, 11) is 1.82. The minimum atomic E-state index is 0. The van der Waals surface area contributed by atoms with Crippen molar-refractivity contribution in [2.75, 3.05) is 20.2 Å². The Balaban J connectivity index is 0.00000312. The Labute approximate surface area is 169 Å². The molecule has 1 aliphatic carbocycles. The molecule has 0 saturated heterocycles. The average molecular weight is 457 g/mol. The number of rotatable bonds is 8. The van der Waals surface area contributed by atoms with E-state index in [4.69, 9.17) is 4.74 Å². The number of guanidine groups is 1. The van der Waals surface area contributed by atoms with Crippen molar-refractivity contribution in [3.63, 3.8) is 0 Å². The fourth-order valence-electron chi connectivity index (χ4n) is 2.85. The van der Waals surface area contributed by atoms with Crippen molar-refractivity contribution in [1.29, 1.82) is 0 Å². The number of hydrogen-bond acceptors (Lipinski definition) is 2. The number of ether oxygens (including phenoxy) is 1. The number of aliphatic imine (C=N–C) groups is 1. The summed E-state index contributed by atoms with van der Waals surface area (Å²) < 4.78 is 5.42. The topological polar surface area (TPSA) is 45.6 Å². The van der Waals surface area contributed by atoms with E-state index >= 15 is 0 Å². The molecular weight excluding hydrogens is 425 g/mol. The van der Waals surface area contributed by atoms with Crippen LogP contribution in [0.3, 0.4) is 0 Å². The molecule has 0 unspecified atom stereocenters. The zero-order valence-corrected chi connectivity index (χ0v) is 17.8. The van der Waals surface area contributed by atoms with Crippen LogP contribution >= 0.6 is 24.0 Å². The van der Waals surface area contributed by atoms with Crippen molar-refractivity contribution in [1.82, 2.24) is 10.6 Å². The number of hydrogen-bond donors (Lipinski definition) is 2. The zero-order chi connectivity index (χ0) is 17.0. The van der Waals surface area contributed by atoms with Gasteiger partial charge >= 0.3 is 0 Å². The first kappa shape index (κ1) is 22.0. The second-order valence-electron chi connectivity index (χ2n) is 6.16. The van der Waals surface area contributed by atoms with E-state index in [0.717, 1.165) is 32.1 Å². The highest BCUT2D eigenvalue weighted by Crippen LogP contribution is 2.19. The summed E-state index contributed by atoms with van der Waals surface area (Å²) in [6, 6.07) is 8.53. The van der Waals surface area contributed by atoms with Gasteiger partial charge in [0.15, 0.2) is 5.96 Å². The quantitative estimate of drug-likeness (QED) is 0.263. The molecule has 0 heterocycles. The third-order valence-electron chi connectivity index (χ3n) is 4.30. The monoisotopic (exact) mass is 457 g/mol. The normalized spacial score (nSPS) is 14.5. The Morgan fingerprint density at radius 3 is 2.52 bits per heavy atom. The number of nitrogens with one attached hydrogen (secondary N) is 2. The Hall–Kier alpha value is -1.08. The van der Waals surface area contributed by atoms with Gasteiger partial charge < -0.3 is 15.4 Å². The standard InChI is InChI=1S/C20H31N3O.HI/c1-3-24-16-19-11-9-18(10-12-19)15-23-20(21-2)22-14-13-17-7-5-4-6-8-17;/h7,9-12H,3-6,8,13-16H2,1-2H3,(H2,21,22,23);1H. The van der Waals surface area contributed by atoms with E-state index in [1.165, 1.54) is 36.8 Å². The van der Waals surface area contributed by atoms with Gasteiger partial charge in [-0.15, -0.1) is 24.0 Å². The Bertz CT molecular complexity index is 540. The molecule has 0 saturated carbocycles. The Kier molecular flexibility index (Phi) is 11.6. The molecular formula is C20H32IN3O. The third kappa shape index (κ3) is 8.72. The molecule has 0 radical (unpaired) electrons. The van der Waals surface area contributed by atoms with Gasteiger partial charge in [-0.1, -0.05) is 35.9 Å². The molecule has 0 atom stereocenters. The molecule has 1 aromatic rings. The molecule has 140 valence electrons. The molecule has 0 aromatic heterocycles. The van der Waals surface area contributed by atoms with E-state index in [1.807, 2.05) is 14.0 Å². The van der Waals surface area contributed by atoms with Crippen molar-refractivity contribution < 1.29 is 4.74 Å². The average Bonchev–Trinajstić information content (AvgIpc) is 2.64. The van der Waals surface area contributed by atoms with Crippen molar-refractivity contribution in [2.45, 2.75) is 52.2 Å². The predicted octanol–water partition coefficient (Wildman–Crippen LogP) is 4.40. The Morgan fingerprint density at radius 1 is 1.12 bits per heavy atom. The number of allylic oxidation sites excluding steroid dienone is 1. The van der Waals surface area contributed by atoms with Crippen LogP contribution in [-0.4, -0.2) is 26.2 Å². The second-order valence-corrected chi connectivity index (χ2v) is 6.16. The minimum absolute atomic E-state index is 0. The van der Waals surface area contributed by atoms with Crippen LogP contribution < -0.4 is 10.6 Å². The van der Waals surface area contributed by atoms with Gasteiger partial charge in [0.05, 0.1) is 6.61 Å². The van der Waals surface area contributed by atoms with Crippen LogP contribution in [0.2, 0.25) is 0 Å². The van der Waals surface area contributed by atoms with Crippen LogP contribution in [0.1, 0.15) is 50.2 Å². The first-order valence-electron chi connectivity index (χ1n) is 9.09. The predicted molar refractivity (Wildman–Crippen MR) is 117 cm³/mol. The SMILES string of the molecule is CCOCc1ccc(CNC(=NC)NCCC2=CCCCC2)cc1.I. The van der Waals surface area contributed by atoms with Crippen LogP contribution in [-0.2, 0) is 17.9 Å². The molecule has 5 heteroatoms.